The molecule has 0 spiro atoms. The molecule has 0 saturated carbocycles. The standard InChI is InChI=1S/C22H17NO5S2.Na/c24-14-11-16(28-20(12-14)23-6-8-27-9-7-23)15-2-1-3-18-21(15)30-17-5-4-13(22(25)26)10-19(17)29-18;/h1-5,10-12H,6-9H2,(H,25,26);/q;+1/p-1. The van der Waals surface area contributed by atoms with Crippen molar-refractivity contribution in [3.05, 3.63) is 64.3 Å². The second-order valence-electron chi connectivity index (χ2n) is 6.88. The smallest absolute Gasteiger partial charge is 0.545 e. The number of hydrogen-bond acceptors (Lipinski definition) is 8. The second-order valence-corrected chi connectivity index (χ2v) is 9.02. The summed E-state index contributed by atoms with van der Waals surface area (Å²) in [5, 5.41) is 11.2. The SMILES string of the molecule is O=C([O-])c1ccc2c(c1)Sc1cccc(-c3cc(=O)cc(N4CCOCC4)o3)c1S2.[Na+]. The Bertz CT molecular complexity index is 1210. The molecule has 9 heteroatoms. The molecule has 0 N–H and O–H groups in total. The number of aromatic carboxylic acids is 1. The molecule has 0 aliphatic carbocycles. The molecule has 0 radical (unpaired) electrons. The fourth-order valence-electron chi connectivity index (χ4n) is 3.46. The monoisotopic (exact) mass is 461 g/mol. The average Bonchev–Trinajstić information content (AvgIpc) is 2.77. The topological polar surface area (TPSA) is 82.8 Å². The van der Waals surface area contributed by atoms with Crippen LogP contribution in [0.15, 0.2) is 77.3 Å². The van der Waals surface area contributed by atoms with Crippen molar-refractivity contribution in [2.45, 2.75) is 19.6 Å². The third-order valence-electron chi connectivity index (χ3n) is 4.93. The number of hydrogen-bond donors (Lipinski definition) is 0. The average molecular weight is 461 g/mol. The molecule has 0 unspecified atom stereocenters. The van der Waals surface area contributed by atoms with Gasteiger partial charge in [-0.25, -0.2) is 0 Å². The molecule has 0 amide bonds. The Morgan fingerprint density at radius 3 is 2.55 bits per heavy atom. The maximum absolute atomic E-state index is 12.4. The number of benzene rings is 2. The summed E-state index contributed by atoms with van der Waals surface area (Å²) in [5.74, 6) is -0.126. The Labute approximate surface area is 209 Å². The third kappa shape index (κ3) is 4.60. The number of morpholine rings is 1. The molecule has 3 heterocycles. The fraction of sp³-hybridized carbons (Fsp3) is 0.182. The van der Waals surface area contributed by atoms with E-state index >= 15 is 0 Å². The van der Waals surface area contributed by atoms with Crippen molar-refractivity contribution >= 4 is 35.4 Å². The predicted octanol–water partition coefficient (Wildman–Crippen LogP) is 0.127. The molecule has 0 atom stereocenters. The molecule has 1 aromatic heterocycles. The number of carboxylic acids is 1. The number of nitrogens with zero attached hydrogens (tertiary/aromatic N) is 1. The molecular formula is C22H16NNaO5S2. The molecule has 2 aromatic carbocycles. The van der Waals surface area contributed by atoms with Gasteiger partial charge in [0.15, 0.2) is 11.3 Å². The Balaban J connectivity index is 0.00000231. The summed E-state index contributed by atoms with van der Waals surface area (Å²) in [5.41, 5.74) is 0.889. The van der Waals surface area contributed by atoms with Crippen LogP contribution in [-0.2, 0) is 4.74 Å². The first-order valence-corrected chi connectivity index (χ1v) is 11.0. The van der Waals surface area contributed by atoms with E-state index in [0.717, 1.165) is 25.1 Å². The van der Waals surface area contributed by atoms with Crippen molar-refractivity contribution in [1.29, 1.82) is 0 Å². The molecule has 0 bridgehead atoms. The summed E-state index contributed by atoms with van der Waals surface area (Å²) in [6.07, 6.45) is 0. The van der Waals surface area contributed by atoms with Crippen LogP contribution in [0.4, 0.5) is 5.88 Å². The van der Waals surface area contributed by atoms with Crippen LogP contribution >= 0.6 is 23.5 Å². The first-order chi connectivity index (χ1) is 14.6. The molecule has 152 valence electrons. The van der Waals surface area contributed by atoms with Gasteiger partial charge < -0.3 is 24.0 Å². The molecule has 3 aromatic rings. The van der Waals surface area contributed by atoms with Crippen molar-refractivity contribution in [1.82, 2.24) is 0 Å². The van der Waals surface area contributed by atoms with Gasteiger partial charge in [0.2, 0.25) is 0 Å². The molecular weight excluding hydrogens is 445 g/mol. The van der Waals surface area contributed by atoms with Crippen molar-refractivity contribution in [3.63, 3.8) is 0 Å². The molecule has 6 nitrogen and oxygen atoms in total. The first kappa shape index (κ1) is 22.5. The van der Waals surface area contributed by atoms with E-state index in [1.807, 2.05) is 23.1 Å². The van der Waals surface area contributed by atoms with Crippen LogP contribution in [0.3, 0.4) is 0 Å². The van der Waals surface area contributed by atoms with Crippen molar-refractivity contribution in [3.8, 4) is 11.3 Å². The Kier molecular flexibility index (Phi) is 6.86. The summed E-state index contributed by atoms with van der Waals surface area (Å²) in [6, 6.07) is 13.8. The number of carbonyl (C=O) groups excluding carboxylic acids is 1. The first-order valence-electron chi connectivity index (χ1n) is 9.41. The van der Waals surface area contributed by atoms with Crippen molar-refractivity contribution in [2.75, 3.05) is 31.2 Å². The Morgan fingerprint density at radius 2 is 1.77 bits per heavy atom. The van der Waals surface area contributed by atoms with Crippen LogP contribution in [0, 0.1) is 0 Å². The summed E-state index contributed by atoms with van der Waals surface area (Å²) >= 11 is 3.04. The van der Waals surface area contributed by atoms with E-state index in [9.17, 15) is 14.7 Å². The number of carbonyl (C=O) groups is 1. The summed E-state index contributed by atoms with van der Waals surface area (Å²) in [7, 11) is 0. The van der Waals surface area contributed by atoms with E-state index in [1.54, 1.807) is 30.0 Å². The summed E-state index contributed by atoms with van der Waals surface area (Å²) < 4.78 is 11.5. The molecule has 2 aliphatic heterocycles. The van der Waals surface area contributed by atoms with Crippen molar-refractivity contribution in [2.24, 2.45) is 0 Å². The maximum atomic E-state index is 12.4. The van der Waals surface area contributed by atoms with Gasteiger partial charge in [-0.3, -0.25) is 4.79 Å². The molecule has 2 aliphatic rings. The number of anilines is 1. The van der Waals surface area contributed by atoms with Crippen LogP contribution in [0.25, 0.3) is 11.3 Å². The van der Waals surface area contributed by atoms with Gasteiger partial charge in [-0.05, 0) is 23.8 Å². The summed E-state index contributed by atoms with van der Waals surface area (Å²) in [6.45, 7) is 2.56. The van der Waals surface area contributed by atoms with Crippen LogP contribution in [0.5, 0.6) is 0 Å². The van der Waals surface area contributed by atoms with Gasteiger partial charge in [-0.2, -0.15) is 0 Å². The van der Waals surface area contributed by atoms with E-state index in [-0.39, 0.29) is 40.5 Å². The quantitative estimate of drug-likeness (QED) is 0.398. The molecule has 5 rings (SSSR count). The minimum Gasteiger partial charge on any atom is -0.545 e. The Morgan fingerprint density at radius 1 is 0.968 bits per heavy atom. The Hall–Kier alpha value is -1.68. The normalized spacial score (nSPS) is 14.9. The minimum absolute atomic E-state index is 0. The van der Waals surface area contributed by atoms with Crippen LogP contribution < -0.4 is 45.0 Å². The second kappa shape index (κ2) is 9.44. The number of rotatable bonds is 3. The van der Waals surface area contributed by atoms with Crippen molar-refractivity contribution < 1.29 is 48.6 Å². The zero-order chi connectivity index (χ0) is 20.7. The van der Waals surface area contributed by atoms with Gasteiger partial charge in [0.1, 0.15) is 5.76 Å². The van der Waals surface area contributed by atoms with Crippen LogP contribution in [0.2, 0.25) is 0 Å². The van der Waals surface area contributed by atoms with Gasteiger partial charge in [0.05, 0.1) is 19.2 Å². The number of ether oxygens (including phenoxy) is 1. The van der Waals surface area contributed by atoms with Gasteiger partial charge >= 0.3 is 29.6 Å². The van der Waals surface area contributed by atoms with Crippen LogP contribution in [-0.4, -0.2) is 32.3 Å². The van der Waals surface area contributed by atoms with E-state index in [2.05, 4.69) is 0 Å². The number of carboxylic acid groups (broad SMARTS) is 1. The van der Waals surface area contributed by atoms with Gasteiger partial charge in [-0.1, -0.05) is 41.7 Å². The summed E-state index contributed by atoms with van der Waals surface area (Å²) in [4.78, 5) is 29.4. The molecule has 1 fully saturated rings. The number of fused-ring (bicyclic) bond motifs is 2. The van der Waals surface area contributed by atoms with Crippen LogP contribution in [0.1, 0.15) is 10.4 Å². The van der Waals surface area contributed by atoms with Gasteiger partial charge in [-0.15, -0.1) is 0 Å². The molecule has 1 saturated heterocycles. The predicted molar refractivity (Wildman–Crippen MR) is 112 cm³/mol. The third-order valence-corrected chi connectivity index (χ3v) is 7.53. The maximum Gasteiger partial charge on any atom is 1.00 e. The molecule has 31 heavy (non-hydrogen) atoms. The van der Waals surface area contributed by atoms with E-state index < -0.39 is 5.97 Å². The zero-order valence-electron chi connectivity index (χ0n) is 16.8. The fourth-order valence-corrected chi connectivity index (χ4v) is 5.86. The van der Waals surface area contributed by atoms with Gasteiger partial charge in [0, 0.05) is 50.4 Å². The van der Waals surface area contributed by atoms with E-state index in [4.69, 9.17) is 9.15 Å². The van der Waals surface area contributed by atoms with Gasteiger partial charge in [0.25, 0.3) is 0 Å². The largest absolute Gasteiger partial charge is 1.00 e. The minimum atomic E-state index is -1.19. The van der Waals surface area contributed by atoms with E-state index in [1.165, 1.54) is 23.9 Å². The van der Waals surface area contributed by atoms with E-state index in [0.29, 0.717) is 37.9 Å². The zero-order valence-corrected chi connectivity index (χ0v) is 20.4.